The summed E-state index contributed by atoms with van der Waals surface area (Å²) in [5.74, 6) is 0.544. The minimum absolute atomic E-state index is 0.113. The molecule has 0 spiro atoms. The number of aromatic nitrogens is 6. The van der Waals surface area contributed by atoms with Gasteiger partial charge in [0.25, 0.3) is 0 Å². The van der Waals surface area contributed by atoms with Gasteiger partial charge >= 0.3 is 0 Å². The molecule has 0 fully saturated rings. The molecule has 0 aliphatic heterocycles. The number of nitrogens with zero attached hydrogens (tertiary/aromatic N) is 6. The fourth-order valence-electron chi connectivity index (χ4n) is 2.71. The minimum Gasteiger partial charge on any atom is -0.322 e. The van der Waals surface area contributed by atoms with E-state index in [0.29, 0.717) is 11.1 Å². The van der Waals surface area contributed by atoms with Gasteiger partial charge in [-0.05, 0) is 42.3 Å². The molecule has 0 aliphatic carbocycles. The van der Waals surface area contributed by atoms with Crippen molar-refractivity contribution in [3.8, 4) is 5.69 Å². The van der Waals surface area contributed by atoms with Gasteiger partial charge in [-0.15, -0.1) is 5.10 Å². The molecule has 0 saturated carbocycles. The van der Waals surface area contributed by atoms with E-state index in [-0.39, 0.29) is 11.7 Å². The van der Waals surface area contributed by atoms with E-state index in [1.54, 1.807) is 4.68 Å². The van der Waals surface area contributed by atoms with Gasteiger partial charge in [-0.1, -0.05) is 43.8 Å². The molecule has 0 bridgehead atoms. The Hall–Kier alpha value is -2.68. The lowest BCUT2D eigenvalue weighted by Gasteiger charge is -2.08. The average Bonchev–Trinajstić information content (AvgIpc) is 3.19. The Labute approximate surface area is 162 Å². The number of para-hydroxylation sites is 1. The maximum absolute atomic E-state index is 12.4. The molecule has 0 aliphatic rings. The zero-order valence-corrected chi connectivity index (χ0v) is 16.7. The van der Waals surface area contributed by atoms with Crippen molar-refractivity contribution in [2.24, 2.45) is 5.92 Å². The van der Waals surface area contributed by atoms with Crippen LogP contribution in [0.2, 0.25) is 0 Å². The predicted octanol–water partition coefficient (Wildman–Crippen LogP) is 2.86. The van der Waals surface area contributed by atoms with Crippen molar-refractivity contribution in [3.05, 3.63) is 41.7 Å². The third-order valence-corrected chi connectivity index (χ3v) is 4.88. The van der Waals surface area contributed by atoms with Crippen LogP contribution >= 0.6 is 11.8 Å². The van der Waals surface area contributed by atoms with Crippen molar-refractivity contribution in [3.63, 3.8) is 0 Å². The highest BCUT2D eigenvalue weighted by Gasteiger charge is 2.16. The Kier molecular flexibility index (Phi) is 5.90. The number of hydrogen-bond acceptors (Lipinski definition) is 6. The smallest absolute Gasteiger partial charge is 0.234 e. The zero-order chi connectivity index (χ0) is 19.4. The average molecular weight is 385 g/mol. The molecule has 2 aromatic heterocycles. The Morgan fingerprint density at radius 1 is 1.22 bits per heavy atom. The molecular formula is C18H23N7OS. The molecule has 0 saturated heterocycles. The normalized spacial score (nSPS) is 11.1. The molecule has 8 nitrogen and oxygen atoms in total. The molecule has 2 heterocycles. The van der Waals surface area contributed by atoms with Gasteiger partial charge in [0.2, 0.25) is 11.1 Å². The number of thioether (sulfide) groups is 1. The van der Waals surface area contributed by atoms with Crippen molar-refractivity contribution < 1.29 is 4.79 Å². The number of anilines is 1. The SMILES string of the molecule is Cc1nn(-c2ccccc2)c(C)c1NC(=O)CSc1nnnn1CC(C)C. The first kappa shape index (κ1) is 19.1. The number of carbonyl (C=O) groups is 1. The number of aryl methyl sites for hydroxylation is 1. The van der Waals surface area contributed by atoms with Crippen LogP contribution in [0.3, 0.4) is 0 Å². The van der Waals surface area contributed by atoms with Crippen LogP contribution in [0, 0.1) is 19.8 Å². The molecule has 0 atom stereocenters. The second-order valence-electron chi connectivity index (χ2n) is 6.67. The molecule has 3 aromatic rings. The van der Waals surface area contributed by atoms with Crippen molar-refractivity contribution in [2.45, 2.75) is 39.4 Å². The Balaban J connectivity index is 1.67. The van der Waals surface area contributed by atoms with E-state index in [1.165, 1.54) is 11.8 Å². The number of benzene rings is 1. The van der Waals surface area contributed by atoms with Gasteiger partial charge in [0.1, 0.15) is 0 Å². The Morgan fingerprint density at radius 3 is 2.67 bits per heavy atom. The van der Waals surface area contributed by atoms with Gasteiger partial charge in [0.05, 0.1) is 28.5 Å². The van der Waals surface area contributed by atoms with Crippen molar-refractivity contribution in [1.29, 1.82) is 0 Å². The van der Waals surface area contributed by atoms with Crippen LogP contribution in [0.4, 0.5) is 5.69 Å². The number of carbonyl (C=O) groups excluding carboxylic acids is 1. The van der Waals surface area contributed by atoms with Crippen LogP contribution in [0.1, 0.15) is 25.2 Å². The quantitative estimate of drug-likeness (QED) is 0.629. The molecule has 27 heavy (non-hydrogen) atoms. The maximum atomic E-state index is 12.4. The highest BCUT2D eigenvalue weighted by atomic mass is 32.2. The van der Waals surface area contributed by atoms with Crippen molar-refractivity contribution in [1.82, 2.24) is 30.0 Å². The summed E-state index contributed by atoms with van der Waals surface area (Å²) in [6, 6.07) is 9.84. The van der Waals surface area contributed by atoms with Crippen LogP contribution < -0.4 is 5.32 Å². The molecule has 1 N–H and O–H groups in total. The molecule has 142 valence electrons. The van der Waals surface area contributed by atoms with Crippen LogP contribution in [0.15, 0.2) is 35.5 Å². The fraction of sp³-hybridized carbons (Fsp3) is 0.389. The van der Waals surface area contributed by atoms with E-state index < -0.39 is 0 Å². The van der Waals surface area contributed by atoms with Crippen LogP contribution in [0.25, 0.3) is 5.69 Å². The van der Waals surface area contributed by atoms with Crippen LogP contribution in [-0.2, 0) is 11.3 Å². The highest BCUT2D eigenvalue weighted by Crippen LogP contribution is 2.23. The lowest BCUT2D eigenvalue weighted by Crippen LogP contribution is -2.16. The minimum atomic E-state index is -0.113. The Bertz CT molecular complexity index is 917. The second kappa shape index (κ2) is 8.34. The predicted molar refractivity (Wildman–Crippen MR) is 105 cm³/mol. The number of amides is 1. The molecule has 9 heteroatoms. The van der Waals surface area contributed by atoms with Crippen LogP contribution in [0.5, 0.6) is 0 Å². The summed E-state index contributed by atoms with van der Waals surface area (Å²) in [5.41, 5.74) is 3.37. The lowest BCUT2D eigenvalue weighted by molar-refractivity contribution is -0.113. The number of rotatable bonds is 7. The van der Waals surface area contributed by atoms with E-state index in [9.17, 15) is 4.79 Å². The molecular weight excluding hydrogens is 362 g/mol. The first-order chi connectivity index (χ1) is 13.0. The monoisotopic (exact) mass is 385 g/mol. The van der Waals surface area contributed by atoms with Gasteiger partial charge in [-0.3, -0.25) is 4.79 Å². The second-order valence-corrected chi connectivity index (χ2v) is 7.61. The summed E-state index contributed by atoms with van der Waals surface area (Å²) in [4.78, 5) is 12.4. The summed E-state index contributed by atoms with van der Waals surface area (Å²) in [5, 5.41) is 19.8. The highest BCUT2D eigenvalue weighted by molar-refractivity contribution is 7.99. The summed E-state index contributed by atoms with van der Waals surface area (Å²) in [7, 11) is 0. The van der Waals surface area contributed by atoms with Gasteiger partial charge in [0.15, 0.2) is 0 Å². The zero-order valence-electron chi connectivity index (χ0n) is 15.9. The summed E-state index contributed by atoms with van der Waals surface area (Å²) in [6.45, 7) is 8.74. The van der Waals surface area contributed by atoms with Crippen molar-refractivity contribution >= 4 is 23.4 Å². The van der Waals surface area contributed by atoms with E-state index in [1.807, 2.05) is 48.9 Å². The summed E-state index contributed by atoms with van der Waals surface area (Å²) in [6.07, 6.45) is 0. The number of nitrogens with one attached hydrogen (secondary N) is 1. The topological polar surface area (TPSA) is 90.5 Å². The van der Waals surface area contributed by atoms with E-state index in [0.717, 1.165) is 29.3 Å². The molecule has 1 aromatic carbocycles. The van der Waals surface area contributed by atoms with Gasteiger partial charge in [0, 0.05) is 6.54 Å². The van der Waals surface area contributed by atoms with E-state index in [2.05, 4.69) is 39.8 Å². The molecule has 3 rings (SSSR count). The van der Waals surface area contributed by atoms with E-state index in [4.69, 9.17) is 0 Å². The third-order valence-electron chi connectivity index (χ3n) is 3.93. The summed E-state index contributed by atoms with van der Waals surface area (Å²) < 4.78 is 3.56. The standard InChI is InChI=1S/C18H23N7OS/c1-12(2)10-24-18(20-22-23-24)27-11-16(26)19-17-13(3)21-25(14(17)4)15-8-6-5-7-9-15/h5-9,12H,10-11H2,1-4H3,(H,19,26). The third kappa shape index (κ3) is 4.54. The van der Waals surface area contributed by atoms with Gasteiger partial charge < -0.3 is 5.32 Å². The molecule has 0 unspecified atom stereocenters. The number of hydrogen-bond donors (Lipinski definition) is 1. The molecule has 1 amide bonds. The van der Waals surface area contributed by atoms with Gasteiger partial charge in [-0.25, -0.2) is 9.36 Å². The largest absolute Gasteiger partial charge is 0.322 e. The molecule has 0 radical (unpaired) electrons. The Morgan fingerprint density at radius 2 is 1.96 bits per heavy atom. The fourth-order valence-corrected chi connectivity index (χ4v) is 3.40. The number of tetrazole rings is 1. The summed E-state index contributed by atoms with van der Waals surface area (Å²) >= 11 is 1.33. The van der Waals surface area contributed by atoms with E-state index >= 15 is 0 Å². The maximum Gasteiger partial charge on any atom is 0.234 e. The lowest BCUT2D eigenvalue weighted by atomic mass is 10.2. The van der Waals surface area contributed by atoms with Crippen molar-refractivity contribution in [2.75, 3.05) is 11.1 Å². The first-order valence-electron chi connectivity index (χ1n) is 8.76. The van der Waals surface area contributed by atoms with Crippen LogP contribution in [-0.4, -0.2) is 41.6 Å². The first-order valence-corrected chi connectivity index (χ1v) is 9.74. The van der Waals surface area contributed by atoms with Gasteiger partial charge in [-0.2, -0.15) is 5.10 Å².